The summed E-state index contributed by atoms with van der Waals surface area (Å²) in [7, 11) is 0. The van der Waals surface area contributed by atoms with Crippen LogP contribution in [0.4, 0.5) is 5.69 Å². The van der Waals surface area contributed by atoms with Crippen molar-refractivity contribution in [1.29, 1.82) is 0 Å². The number of nitro benzene ring substituents is 1. The van der Waals surface area contributed by atoms with Crippen LogP contribution in [0.2, 0.25) is 0 Å². The number of amides is 2. The van der Waals surface area contributed by atoms with Crippen LogP contribution in [0.1, 0.15) is 12.0 Å². The minimum atomic E-state index is -1.92. The number of esters is 2. The van der Waals surface area contributed by atoms with Crippen molar-refractivity contribution in [3.63, 3.8) is 0 Å². The number of ether oxygens (including phenoxy) is 3. The number of β-lactam (4-membered cyclic amide) rings is 1. The highest BCUT2D eigenvalue weighted by molar-refractivity contribution is 8.01. The number of carbonyl (C=O) groups excluding carboxylic acids is 4. The minimum absolute atomic E-state index is 0.102. The van der Waals surface area contributed by atoms with Crippen LogP contribution in [0.25, 0.3) is 0 Å². The van der Waals surface area contributed by atoms with E-state index in [0.29, 0.717) is 11.3 Å². The van der Waals surface area contributed by atoms with Gasteiger partial charge in [-0.1, -0.05) is 18.2 Å². The highest BCUT2D eigenvalue weighted by Crippen LogP contribution is 2.55. The van der Waals surface area contributed by atoms with Gasteiger partial charge < -0.3 is 19.5 Å². The molecule has 186 valence electrons. The van der Waals surface area contributed by atoms with Gasteiger partial charge in [0.2, 0.25) is 0 Å². The maximum atomic E-state index is 13.1. The quantitative estimate of drug-likeness (QED) is 0.235. The van der Waals surface area contributed by atoms with Crippen LogP contribution in [0, 0.1) is 10.1 Å². The summed E-state index contributed by atoms with van der Waals surface area (Å²) in [5, 5.41) is 12.1. The summed E-state index contributed by atoms with van der Waals surface area (Å²) in [5.41, 5.74) is -1.56. The van der Waals surface area contributed by atoms with E-state index in [1.807, 2.05) is 6.07 Å². The van der Waals surface area contributed by atoms with Crippen molar-refractivity contribution in [1.82, 2.24) is 10.2 Å². The largest absolute Gasteiger partial charge is 0.484 e. The molecule has 0 aliphatic carbocycles. The zero-order chi connectivity index (χ0) is 25.4. The van der Waals surface area contributed by atoms with Crippen molar-refractivity contribution in [3.8, 4) is 5.75 Å². The van der Waals surface area contributed by atoms with Gasteiger partial charge in [-0.25, -0.2) is 4.79 Å². The molecule has 36 heavy (non-hydrogen) atoms. The molecule has 4 atom stereocenters. The lowest BCUT2D eigenvalue weighted by Crippen LogP contribution is -2.75. The summed E-state index contributed by atoms with van der Waals surface area (Å²) in [4.78, 5) is 62.0. The standard InChI is InChI=1S/C23H19N3O9S/c27-17(12-33-15-4-2-1-3-5-15)24-19-20(29)25-21(19)36-16-10-18(28)35-23(16,25)22(30)34-11-13-6-8-14(9-7-13)26(31)32/h1-9,16,19,21H,10-12H2,(H,24,27)/t16-,19-,21-,23-/m1/s1. The number of non-ortho nitro benzene ring substituents is 1. The van der Waals surface area contributed by atoms with E-state index in [9.17, 15) is 29.3 Å². The molecule has 12 nitrogen and oxygen atoms in total. The lowest BCUT2D eigenvalue weighted by Gasteiger charge is -2.46. The molecule has 5 rings (SSSR count). The number of carbonyl (C=O) groups is 4. The van der Waals surface area contributed by atoms with Crippen LogP contribution >= 0.6 is 11.8 Å². The topological polar surface area (TPSA) is 154 Å². The van der Waals surface area contributed by atoms with Crippen LogP contribution in [0.15, 0.2) is 54.6 Å². The summed E-state index contributed by atoms with van der Waals surface area (Å²) in [6.45, 7) is -0.538. The van der Waals surface area contributed by atoms with Gasteiger partial charge in [-0.2, -0.15) is 0 Å². The van der Waals surface area contributed by atoms with Crippen molar-refractivity contribution in [3.05, 3.63) is 70.3 Å². The van der Waals surface area contributed by atoms with Crippen molar-refractivity contribution >= 4 is 41.2 Å². The average Bonchev–Trinajstić information content (AvgIpc) is 3.34. The van der Waals surface area contributed by atoms with E-state index >= 15 is 0 Å². The first-order valence-corrected chi connectivity index (χ1v) is 11.8. The molecule has 3 aliphatic rings. The highest BCUT2D eigenvalue weighted by Gasteiger charge is 2.75. The summed E-state index contributed by atoms with van der Waals surface area (Å²) in [6.07, 6.45) is -0.102. The number of hydrogen-bond donors (Lipinski definition) is 1. The number of fused-ring (bicyclic) bond motifs is 3. The zero-order valence-corrected chi connectivity index (χ0v) is 19.3. The Bertz CT molecular complexity index is 1240. The van der Waals surface area contributed by atoms with Crippen molar-refractivity contribution in [2.75, 3.05) is 6.61 Å². The Kier molecular flexibility index (Phi) is 6.00. The molecule has 3 heterocycles. The molecular weight excluding hydrogens is 494 g/mol. The molecule has 1 N–H and O–H groups in total. The monoisotopic (exact) mass is 513 g/mol. The second-order valence-electron chi connectivity index (χ2n) is 8.24. The van der Waals surface area contributed by atoms with Gasteiger partial charge in [0.25, 0.3) is 23.2 Å². The molecule has 2 aromatic carbocycles. The second kappa shape index (κ2) is 9.15. The van der Waals surface area contributed by atoms with Gasteiger partial charge in [0.05, 0.1) is 16.6 Å². The zero-order valence-electron chi connectivity index (χ0n) is 18.5. The molecule has 13 heteroatoms. The van der Waals surface area contributed by atoms with Gasteiger partial charge in [-0.15, -0.1) is 11.8 Å². The minimum Gasteiger partial charge on any atom is -0.484 e. The summed E-state index contributed by atoms with van der Waals surface area (Å²) in [6, 6.07) is 13.2. The fraction of sp³-hybridized carbons (Fsp3) is 0.304. The van der Waals surface area contributed by atoms with E-state index in [1.165, 1.54) is 36.0 Å². The Morgan fingerprint density at radius 2 is 1.89 bits per heavy atom. The van der Waals surface area contributed by atoms with Crippen LogP contribution in [0.3, 0.4) is 0 Å². The van der Waals surface area contributed by atoms with Gasteiger partial charge in [-0.05, 0) is 29.8 Å². The number of hydrogen-bond acceptors (Lipinski definition) is 10. The Hall–Kier alpha value is -4.13. The summed E-state index contributed by atoms with van der Waals surface area (Å²) < 4.78 is 16.2. The summed E-state index contributed by atoms with van der Waals surface area (Å²) in [5.74, 6) is -2.15. The van der Waals surface area contributed by atoms with Crippen LogP contribution in [-0.4, -0.2) is 62.6 Å². The number of benzene rings is 2. The summed E-state index contributed by atoms with van der Waals surface area (Å²) >= 11 is 1.19. The second-order valence-corrected chi connectivity index (χ2v) is 9.57. The molecule has 0 saturated carbocycles. The maximum Gasteiger partial charge on any atom is 0.374 e. The molecule has 3 saturated heterocycles. The molecule has 2 amide bonds. The van der Waals surface area contributed by atoms with E-state index in [2.05, 4.69) is 5.32 Å². The molecule has 0 bridgehead atoms. The number of rotatable bonds is 8. The van der Waals surface area contributed by atoms with Gasteiger partial charge in [0, 0.05) is 12.1 Å². The molecule has 0 aromatic heterocycles. The smallest absolute Gasteiger partial charge is 0.374 e. The van der Waals surface area contributed by atoms with Crippen molar-refractivity contribution < 1.29 is 38.3 Å². The molecular formula is C23H19N3O9S. The molecule has 2 aromatic rings. The van der Waals surface area contributed by atoms with E-state index in [1.54, 1.807) is 24.3 Å². The molecule has 0 unspecified atom stereocenters. The Balaban J connectivity index is 1.24. The number of nitrogens with zero attached hydrogens (tertiary/aromatic N) is 2. The predicted molar refractivity (Wildman–Crippen MR) is 122 cm³/mol. The van der Waals surface area contributed by atoms with Crippen LogP contribution in [0.5, 0.6) is 5.75 Å². The number of para-hydroxylation sites is 1. The lowest BCUT2D eigenvalue weighted by atomic mass is 9.98. The first kappa shape index (κ1) is 23.6. The van der Waals surface area contributed by atoms with E-state index in [-0.39, 0.29) is 25.3 Å². The Morgan fingerprint density at radius 1 is 1.17 bits per heavy atom. The van der Waals surface area contributed by atoms with Gasteiger partial charge >= 0.3 is 11.9 Å². The Labute approximate surface area is 208 Å². The van der Waals surface area contributed by atoms with E-state index in [0.717, 1.165) is 4.90 Å². The highest BCUT2D eigenvalue weighted by atomic mass is 32.2. The SMILES string of the molecule is O=C(COc1ccccc1)N[C@@H]1C(=O)N2[C@@H]1S[C@@H]1CC(=O)O[C@@]12C(=O)OCc1ccc([N+](=O)[O-])cc1. The van der Waals surface area contributed by atoms with Crippen molar-refractivity contribution in [2.24, 2.45) is 0 Å². The van der Waals surface area contributed by atoms with E-state index < -0.39 is 51.1 Å². The number of nitrogens with one attached hydrogen (secondary N) is 1. The predicted octanol–water partition coefficient (Wildman–Crippen LogP) is 1.13. The average molecular weight is 513 g/mol. The maximum absolute atomic E-state index is 13.1. The van der Waals surface area contributed by atoms with Gasteiger partial charge in [-0.3, -0.25) is 29.4 Å². The van der Waals surface area contributed by atoms with Gasteiger partial charge in [0.15, 0.2) is 6.61 Å². The third kappa shape index (κ3) is 4.00. The Morgan fingerprint density at radius 3 is 2.58 bits per heavy atom. The molecule has 3 aliphatic heterocycles. The number of nitro groups is 1. The normalized spacial score (nSPS) is 25.8. The number of thioether (sulfide) groups is 1. The van der Waals surface area contributed by atoms with Crippen LogP contribution in [-0.2, 0) is 35.3 Å². The molecule has 3 fully saturated rings. The van der Waals surface area contributed by atoms with Crippen LogP contribution < -0.4 is 10.1 Å². The fourth-order valence-electron chi connectivity index (χ4n) is 4.29. The first-order chi connectivity index (χ1) is 17.3. The molecule has 0 spiro atoms. The first-order valence-electron chi connectivity index (χ1n) is 10.9. The fourth-order valence-corrected chi connectivity index (χ4v) is 6.03. The van der Waals surface area contributed by atoms with E-state index in [4.69, 9.17) is 14.2 Å². The van der Waals surface area contributed by atoms with Crippen molar-refractivity contribution in [2.45, 2.75) is 35.4 Å². The van der Waals surface area contributed by atoms with Gasteiger partial charge in [0.1, 0.15) is 23.8 Å². The third-order valence-electron chi connectivity index (χ3n) is 6.00. The third-order valence-corrected chi connectivity index (χ3v) is 7.58. The molecule has 0 radical (unpaired) electrons. The lowest BCUT2D eigenvalue weighted by molar-refractivity contribution is -0.384.